The maximum atomic E-state index is 5.49. The molecule has 2 N–H and O–H groups in total. The number of nitrogens with zero attached hydrogens (tertiary/aromatic N) is 1. The van der Waals surface area contributed by atoms with Gasteiger partial charge in [-0.15, -0.1) is 0 Å². The molecule has 122 valence electrons. The zero-order valence-electron chi connectivity index (χ0n) is 13.8. The summed E-state index contributed by atoms with van der Waals surface area (Å²) < 4.78 is 5.43. The standard InChI is InChI=1S/C16H31N3OS/c1-13-6-4-5-7-14(13)18-15(21)17-12-16(2,3)19-8-10-20-11-9-19/h13-14H,4-12H2,1-3H3,(H2,17,18,21)/t13-,14-/m1/s1. The highest BCUT2D eigenvalue weighted by atomic mass is 32.1. The Balaban J connectivity index is 1.74. The number of hydrogen-bond acceptors (Lipinski definition) is 3. The van der Waals surface area contributed by atoms with E-state index in [4.69, 9.17) is 17.0 Å². The van der Waals surface area contributed by atoms with E-state index in [2.05, 4.69) is 36.3 Å². The highest BCUT2D eigenvalue weighted by Crippen LogP contribution is 2.23. The summed E-state index contributed by atoms with van der Waals surface area (Å²) in [5.41, 5.74) is 0.105. The molecular formula is C16H31N3OS. The van der Waals surface area contributed by atoms with Crippen molar-refractivity contribution in [3.8, 4) is 0 Å². The zero-order valence-corrected chi connectivity index (χ0v) is 14.6. The van der Waals surface area contributed by atoms with Gasteiger partial charge in [0.15, 0.2) is 5.11 Å². The molecule has 1 aliphatic carbocycles. The van der Waals surface area contributed by atoms with Crippen molar-refractivity contribution in [3.63, 3.8) is 0 Å². The van der Waals surface area contributed by atoms with Crippen LogP contribution in [-0.4, -0.2) is 54.4 Å². The smallest absolute Gasteiger partial charge is 0.166 e. The highest BCUT2D eigenvalue weighted by molar-refractivity contribution is 7.80. The molecule has 0 aromatic heterocycles. The molecule has 0 amide bonds. The third-order valence-corrected chi connectivity index (χ3v) is 5.24. The summed E-state index contributed by atoms with van der Waals surface area (Å²) in [5, 5.41) is 7.76. The first-order chi connectivity index (χ1) is 9.99. The first-order valence-corrected chi connectivity index (χ1v) is 8.77. The van der Waals surface area contributed by atoms with Crippen molar-refractivity contribution in [1.82, 2.24) is 15.5 Å². The normalized spacial score (nSPS) is 28.1. The summed E-state index contributed by atoms with van der Waals surface area (Å²) in [6.45, 7) is 11.5. The van der Waals surface area contributed by atoms with Crippen molar-refractivity contribution in [2.24, 2.45) is 5.92 Å². The van der Waals surface area contributed by atoms with Crippen LogP contribution in [0.1, 0.15) is 46.5 Å². The molecule has 0 radical (unpaired) electrons. The van der Waals surface area contributed by atoms with Gasteiger partial charge in [0.2, 0.25) is 0 Å². The molecule has 1 heterocycles. The van der Waals surface area contributed by atoms with Crippen LogP contribution < -0.4 is 10.6 Å². The number of nitrogens with one attached hydrogen (secondary N) is 2. The van der Waals surface area contributed by atoms with Crippen molar-refractivity contribution in [2.75, 3.05) is 32.8 Å². The molecule has 0 aromatic carbocycles. The van der Waals surface area contributed by atoms with Crippen LogP contribution in [0.5, 0.6) is 0 Å². The SMILES string of the molecule is C[C@@H]1CCCC[C@H]1NC(=S)NCC(C)(C)N1CCOCC1. The second-order valence-corrected chi connectivity index (χ2v) is 7.52. The lowest BCUT2D eigenvalue weighted by atomic mass is 9.86. The largest absolute Gasteiger partial charge is 0.379 e. The quantitative estimate of drug-likeness (QED) is 0.778. The monoisotopic (exact) mass is 313 g/mol. The Morgan fingerprint density at radius 3 is 2.57 bits per heavy atom. The summed E-state index contributed by atoms with van der Waals surface area (Å²) in [4.78, 5) is 2.48. The van der Waals surface area contributed by atoms with E-state index in [0.717, 1.165) is 43.9 Å². The van der Waals surface area contributed by atoms with Gasteiger partial charge in [0.05, 0.1) is 13.2 Å². The second kappa shape index (κ2) is 7.75. The topological polar surface area (TPSA) is 36.5 Å². The van der Waals surface area contributed by atoms with E-state index in [-0.39, 0.29) is 5.54 Å². The van der Waals surface area contributed by atoms with Crippen LogP contribution in [0, 0.1) is 5.92 Å². The van der Waals surface area contributed by atoms with Gasteiger partial charge in [-0.2, -0.15) is 0 Å². The molecule has 1 saturated carbocycles. The molecular weight excluding hydrogens is 282 g/mol. The third kappa shape index (κ3) is 5.08. The lowest BCUT2D eigenvalue weighted by molar-refractivity contribution is -0.00831. The molecule has 0 bridgehead atoms. The van der Waals surface area contributed by atoms with Crippen LogP contribution >= 0.6 is 12.2 Å². The minimum Gasteiger partial charge on any atom is -0.379 e. The number of thiocarbonyl (C=S) groups is 1. The number of morpholine rings is 1. The molecule has 1 aliphatic heterocycles. The minimum absolute atomic E-state index is 0.105. The van der Waals surface area contributed by atoms with Gasteiger partial charge >= 0.3 is 0 Å². The van der Waals surface area contributed by atoms with E-state index < -0.39 is 0 Å². The average molecular weight is 314 g/mol. The number of ether oxygens (including phenoxy) is 1. The predicted octanol–water partition coefficient (Wildman–Crippen LogP) is 2.14. The maximum Gasteiger partial charge on any atom is 0.166 e. The van der Waals surface area contributed by atoms with E-state index in [1.54, 1.807) is 0 Å². The molecule has 1 saturated heterocycles. The molecule has 0 unspecified atom stereocenters. The average Bonchev–Trinajstić information content (AvgIpc) is 2.49. The molecule has 4 nitrogen and oxygen atoms in total. The van der Waals surface area contributed by atoms with Crippen molar-refractivity contribution >= 4 is 17.3 Å². The van der Waals surface area contributed by atoms with Gasteiger partial charge in [0.1, 0.15) is 0 Å². The first-order valence-electron chi connectivity index (χ1n) is 8.36. The molecule has 2 atom stereocenters. The van der Waals surface area contributed by atoms with Crippen molar-refractivity contribution in [1.29, 1.82) is 0 Å². The van der Waals surface area contributed by atoms with Gasteiger partial charge in [-0.05, 0) is 44.8 Å². The van der Waals surface area contributed by atoms with E-state index >= 15 is 0 Å². The van der Waals surface area contributed by atoms with Gasteiger partial charge in [0, 0.05) is 31.2 Å². The summed E-state index contributed by atoms with van der Waals surface area (Å²) in [6, 6.07) is 0.547. The van der Waals surface area contributed by atoms with E-state index in [1.165, 1.54) is 25.7 Å². The van der Waals surface area contributed by atoms with E-state index in [0.29, 0.717) is 6.04 Å². The Morgan fingerprint density at radius 1 is 1.24 bits per heavy atom. The lowest BCUT2D eigenvalue weighted by Gasteiger charge is -2.41. The number of hydrogen-bond donors (Lipinski definition) is 2. The predicted molar refractivity (Wildman–Crippen MR) is 91.6 cm³/mol. The van der Waals surface area contributed by atoms with Gasteiger partial charge in [0.25, 0.3) is 0 Å². The summed E-state index contributed by atoms with van der Waals surface area (Å²) in [7, 11) is 0. The molecule has 0 aromatic rings. The van der Waals surface area contributed by atoms with E-state index in [9.17, 15) is 0 Å². The first kappa shape index (κ1) is 17.0. The van der Waals surface area contributed by atoms with Gasteiger partial charge in [-0.1, -0.05) is 19.8 Å². The van der Waals surface area contributed by atoms with Gasteiger partial charge < -0.3 is 15.4 Å². The zero-order chi connectivity index (χ0) is 15.3. The van der Waals surface area contributed by atoms with Crippen molar-refractivity contribution < 1.29 is 4.74 Å². The Hall–Kier alpha value is -0.390. The summed E-state index contributed by atoms with van der Waals surface area (Å²) in [6.07, 6.45) is 5.25. The van der Waals surface area contributed by atoms with Crippen molar-refractivity contribution in [3.05, 3.63) is 0 Å². The van der Waals surface area contributed by atoms with Crippen LogP contribution in [0.4, 0.5) is 0 Å². The molecule has 2 rings (SSSR count). The molecule has 2 aliphatic rings. The second-order valence-electron chi connectivity index (χ2n) is 7.11. The molecule has 5 heteroatoms. The fourth-order valence-electron chi connectivity index (χ4n) is 3.33. The Morgan fingerprint density at radius 2 is 1.90 bits per heavy atom. The lowest BCUT2D eigenvalue weighted by Crippen LogP contribution is -2.57. The Bertz CT molecular complexity index is 342. The number of rotatable bonds is 4. The van der Waals surface area contributed by atoms with Gasteiger partial charge in [-0.25, -0.2) is 0 Å². The summed E-state index contributed by atoms with van der Waals surface area (Å²) >= 11 is 5.49. The van der Waals surface area contributed by atoms with Crippen LogP contribution in [0.2, 0.25) is 0 Å². The molecule has 2 fully saturated rings. The fraction of sp³-hybridized carbons (Fsp3) is 0.938. The third-order valence-electron chi connectivity index (χ3n) is 4.98. The van der Waals surface area contributed by atoms with E-state index in [1.807, 2.05) is 0 Å². The maximum absolute atomic E-state index is 5.49. The molecule has 0 spiro atoms. The fourth-order valence-corrected chi connectivity index (χ4v) is 3.55. The van der Waals surface area contributed by atoms with Crippen LogP contribution in [0.15, 0.2) is 0 Å². The Kier molecular flexibility index (Phi) is 6.26. The van der Waals surface area contributed by atoms with Crippen molar-refractivity contribution in [2.45, 2.75) is 58.0 Å². The molecule has 21 heavy (non-hydrogen) atoms. The van der Waals surface area contributed by atoms with Crippen LogP contribution in [-0.2, 0) is 4.74 Å². The van der Waals surface area contributed by atoms with Gasteiger partial charge in [-0.3, -0.25) is 4.90 Å². The van der Waals surface area contributed by atoms with Crippen LogP contribution in [0.3, 0.4) is 0 Å². The Labute approximate surface area is 135 Å². The minimum atomic E-state index is 0.105. The summed E-state index contributed by atoms with van der Waals surface area (Å²) in [5.74, 6) is 0.728. The van der Waals surface area contributed by atoms with Crippen LogP contribution in [0.25, 0.3) is 0 Å². The highest BCUT2D eigenvalue weighted by Gasteiger charge is 2.28.